The molecule has 132 valence electrons. The lowest BCUT2D eigenvalue weighted by Crippen LogP contribution is -2.52. The third-order valence-electron chi connectivity index (χ3n) is 4.26. The molecule has 1 fully saturated rings. The van der Waals surface area contributed by atoms with Crippen LogP contribution in [0.3, 0.4) is 0 Å². The van der Waals surface area contributed by atoms with Crippen molar-refractivity contribution in [2.45, 2.75) is 13.0 Å². The minimum absolute atomic E-state index is 0.0150. The van der Waals surface area contributed by atoms with E-state index in [-0.39, 0.29) is 5.91 Å². The second-order valence-corrected chi connectivity index (χ2v) is 6.80. The Morgan fingerprint density at radius 3 is 2.32 bits per heavy atom. The third kappa shape index (κ3) is 4.39. The van der Waals surface area contributed by atoms with Crippen LogP contribution in [0.4, 0.5) is 5.69 Å². The normalized spacial score (nSPS) is 15.8. The van der Waals surface area contributed by atoms with Crippen molar-refractivity contribution in [3.05, 3.63) is 58.6 Å². The van der Waals surface area contributed by atoms with Crippen molar-refractivity contribution >= 4 is 34.8 Å². The first-order valence-corrected chi connectivity index (χ1v) is 9.00. The molecule has 1 atom stereocenters. The number of hydrogen-bond donors (Lipinski definition) is 0. The molecular weight excluding hydrogens is 359 g/mol. The number of amides is 1. The quantitative estimate of drug-likeness (QED) is 0.802. The van der Waals surface area contributed by atoms with Gasteiger partial charge in [0.05, 0.1) is 10.0 Å². The summed E-state index contributed by atoms with van der Waals surface area (Å²) in [5.74, 6) is 0.525. The summed E-state index contributed by atoms with van der Waals surface area (Å²) in [6, 6.07) is 15.2. The van der Waals surface area contributed by atoms with Gasteiger partial charge in [0, 0.05) is 37.9 Å². The number of anilines is 1. The summed E-state index contributed by atoms with van der Waals surface area (Å²) in [6.45, 7) is 4.75. The van der Waals surface area contributed by atoms with Crippen molar-refractivity contribution in [3.63, 3.8) is 0 Å². The predicted octanol–water partition coefficient (Wildman–Crippen LogP) is 4.11. The van der Waals surface area contributed by atoms with Crippen LogP contribution in [-0.2, 0) is 4.79 Å². The molecule has 2 aromatic rings. The number of nitrogens with zero attached hydrogens (tertiary/aromatic N) is 2. The Morgan fingerprint density at radius 2 is 1.68 bits per heavy atom. The molecule has 1 aliphatic heterocycles. The lowest BCUT2D eigenvalue weighted by molar-refractivity contribution is -0.138. The summed E-state index contributed by atoms with van der Waals surface area (Å²) in [6.07, 6.45) is -0.569. The molecule has 0 aliphatic carbocycles. The second kappa shape index (κ2) is 7.98. The fourth-order valence-corrected chi connectivity index (χ4v) is 3.17. The van der Waals surface area contributed by atoms with Gasteiger partial charge < -0.3 is 14.5 Å². The molecular formula is C19H20Cl2N2O2. The molecule has 1 aliphatic rings. The highest BCUT2D eigenvalue weighted by atomic mass is 35.5. The number of carbonyl (C=O) groups excluding carboxylic acids is 1. The Kier molecular flexibility index (Phi) is 5.71. The van der Waals surface area contributed by atoms with E-state index in [1.807, 2.05) is 23.1 Å². The zero-order valence-electron chi connectivity index (χ0n) is 14.0. The lowest BCUT2D eigenvalue weighted by Gasteiger charge is -2.37. The Morgan fingerprint density at radius 1 is 1.00 bits per heavy atom. The van der Waals surface area contributed by atoms with Gasteiger partial charge >= 0.3 is 0 Å². The van der Waals surface area contributed by atoms with Gasteiger partial charge in [-0.2, -0.15) is 0 Å². The average molecular weight is 379 g/mol. The third-order valence-corrected chi connectivity index (χ3v) is 5.00. The smallest absolute Gasteiger partial charge is 0.263 e. The molecule has 0 N–H and O–H groups in total. The number of hydrogen-bond acceptors (Lipinski definition) is 3. The molecule has 1 heterocycles. The van der Waals surface area contributed by atoms with Gasteiger partial charge in [0.2, 0.25) is 0 Å². The first kappa shape index (κ1) is 17.9. The van der Waals surface area contributed by atoms with E-state index in [9.17, 15) is 4.79 Å². The summed E-state index contributed by atoms with van der Waals surface area (Å²) < 4.78 is 5.73. The van der Waals surface area contributed by atoms with E-state index < -0.39 is 6.10 Å². The number of para-hydroxylation sites is 1. The summed E-state index contributed by atoms with van der Waals surface area (Å²) in [4.78, 5) is 16.8. The van der Waals surface area contributed by atoms with Crippen molar-refractivity contribution < 1.29 is 9.53 Å². The fourth-order valence-electron chi connectivity index (χ4n) is 2.89. The van der Waals surface area contributed by atoms with E-state index in [4.69, 9.17) is 27.9 Å². The van der Waals surface area contributed by atoms with Crippen molar-refractivity contribution in [1.82, 2.24) is 4.90 Å². The molecule has 25 heavy (non-hydrogen) atoms. The van der Waals surface area contributed by atoms with E-state index >= 15 is 0 Å². The maximum absolute atomic E-state index is 12.6. The van der Waals surface area contributed by atoms with Gasteiger partial charge in [-0.05, 0) is 31.2 Å². The Bertz CT molecular complexity index is 731. The van der Waals surface area contributed by atoms with Crippen molar-refractivity contribution in [2.75, 3.05) is 31.1 Å². The van der Waals surface area contributed by atoms with E-state index in [1.54, 1.807) is 25.1 Å². The van der Waals surface area contributed by atoms with Crippen LogP contribution in [0.15, 0.2) is 48.5 Å². The van der Waals surface area contributed by atoms with Gasteiger partial charge in [-0.15, -0.1) is 0 Å². The molecule has 1 unspecified atom stereocenters. The van der Waals surface area contributed by atoms with E-state index in [1.165, 1.54) is 5.69 Å². The standard InChI is InChI=1S/C19H20Cl2N2O2/c1-14(25-16-7-8-17(20)18(21)13-16)19(24)23-11-9-22(10-12-23)15-5-3-2-4-6-15/h2-8,13-14H,9-12H2,1H3. The fraction of sp³-hybridized carbons (Fsp3) is 0.316. The highest BCUT2D eigenvalue weighted by Gasteiger charge is 2.26. The number of ether oxygens (including phenoxy) is 1. The zero-order chi connectivity index (χ0) is 17.8. The van der Waals surface area contributed by atoms with Gasteiger partial charge in [-0.25, -0.2) is 0 Å². The largest absolute Gasteiger partial charge is 0.481 e. The van der Waals surface area contributed by atoms with Crippen LogP contribution in [0.2, 0.25) is 10.0 Å². The first-order chi connectivity index (χ1) is 12.0. The molecule has 0 spiro atoms. The van der Waals surface area contributed by atoms with Gasteiger partial charge in [-0.3, -0.25) is 4.79 Å². The SMILES string of the molecule is CC(Oc1ccc(Cl)c(Cl)c1)C(=O)N1CCN(c2ccccc2)CC1. The molecule has 0 bridgehead atoms. The van der Waals surface area contributed by atoms with Crippen molar-refractivity contribution in [1.29, 1.82) is 0 Å². The maximum atomic E-state index is 12.6. The monoisotopic (exact) mass is 378 g/mol. The summed E-state index contributed by atoms with van der Waals surface area (Å²) in [5, 5.41) is 0.875. The Labute approximate surface area is 157 Å². The van der Waals surface area contributed by atoms with Crippen LogP contribution in [-0.4, -0.2) is 43.1 Å². The number of halogens is 2. The highest BCUT2D eigenvalue weighted by Crippen LogP contribution is 2.27. The van der Waals surface area contributed by atoms with Crippen LogP contribution in [0.5, 0.6) is 5.75 Å². The zero-order valence-corrected chi connectivity index (χ0v) is 15.5. The van der Waals surface area contributed by atoms with Crippen molar-refractivity contribution in [3.8, 4) is 5.75 Å². The molecule has 3 rings (SSSR count). The van der Waals surface area contributed by atoms with Gasteiger partial charge in [0.15, 0.2) is 6.10 Å². The molecule has 0 saturated carbocycles. The number of piperazine rings is 1. The van der Waals surface area contributed by atoms with Gasteiger partial charge in [-0.1, -0.05) is 41.4 Å². The molecule has 1 saturated heterocycles. The molecule has 0 aromatic heterocycles. The summed E-state index contributed by atoms with van der Waals surface area (Å²) >= 11 is 11.9. The minimum atomic E-state index is -0.569. The van der Waals surface area contributed by atoms with Crippen LogP contribution < -0.4 is 9.64 Å². The average Bonchev–Trinajstić information content (AvgIpc) is 2.65. The minimum Gasteiger partial charge on any atom is -0.481 e. The predicted molar refractivity (Wildman–Crippen MR) is 102 cm³/mol. The Balaban J connectivity index is 1.55. The summed E-state index contributed by atoms with van der Waals surface area (Å²) in [7, 11) is 0. The number of benzene rings is 2. The topological polar surface area (TPSA) is 32.8 Å². The molecule has 2 aromatic carbocycles. The van der Waals surface area contributed by atoms with Crippen LogP contribution >= 0.6 is 23.2 Å². The Hall–Kier alpha value is -1.91. The number of carbonyl (C=O) groups is 1. The van der Waals surface area contributed by atoms with E-state index in [2.05, 4.69) is 17.0 Å². The first-order valence-electron chi connectivity index (χ1n) is 8.25. The molecule has 6 heteroatoms. The number of rotatable bonds is 4. The summed E-state index contributed by atoms with van der Waals surface area (Å²) in [5.41, 5.74) is 1.19. The molecule has 0 radical (unpaired) electrons. The highest BCUT2D eigenvalue weighted by molar-refractivity contribution is 6.42. The van der Waals surface area contributed by atoms with Crippen LogP contribution in [0.25, 0.3) is 0 Å². The van der Waals surface area contributed by atoms with Gasteiger partial charge in [0.25, 0.3) is 5.91 Å². The van der Waals surface area contributed by atoms with Gasteiger partial charge in [0.1, 0.15) is 5.75 Å². The van der Waals surface area contributed by atoms with Crippen molar-refractivity contribution in [2.24, 2.45) is 0 Å². The maximum Gasteiger partial charge on any atom is 0.263 e. The van der Waals surface area contributed by atoms with E-state index in [0.29, 0.717) is 28.9 Å². The molecule has 1 amide bonds. The van der Waals surface area contributed by atoms with E-state index in [0.717, 1.165) is 13.1 Å². The van der Waals surface area contributed by atoms with Crippen LogP contribution in [0.1, 0.15) is 6.92 Å². The second-order valence-electron chi connectivity index (χ2n) is 5.98. The lowest BCUT2D eigenvalue weighted by atomic mass is 10.2. The van der Waals surface area contributed by atoms with Crippen LogP contribution in [0, 0.1) is 0 Å². The molecule has 4 nitrogen and oxygen atoms in total.